The highest BCUT2D eigenvalue weighted by molar-refractivity contribution is 5.97. The zero-order valence-corrected chi connectivity index (χ0v) is 11.4. The topological polar surface area (TPSA) is 87.7 Å². The van der Waals surface area contributed by atoms with Gasteiger partial charge < -0.3 is 15.2 Å². The normalized spacial score (nSPS) is 10.7. The van der Waals surface area contributed by atoms with Crippen molar-refractivity contribution < 1.29 is 19.4 Å². The average Bonchev–Trinajstić information content (AvgIpc) is 2.25. The predicted molar refractivity (Wildman–Crippen MR) is 71.4 cm³/mol. The minimum Gasteiger partial charge on any atom is -0.507 e. The number of phenolic OH excluding ortho intramolecular Hbond substituents is 1. The van der Waals surface area contributed by atoms with E-state index in [0.29, 0.717) is 5.69 Å². The summed E-state index contributed by atoms with van der Waals surface area (Å²) in [4.78, 5) is 22.9. The van der Waals surface area contributed by atoms with Gasteiger partial charge in [-0.2, -0.15) is 0 Å². The first-order valence-electron chi connectivity index (χ1n) is 5.78. The van der Waals surface area contributed by atoms with E-state index in [1.807, 2.05) is 0 Å². The lowest BCUT2D eigenvalue weighted by Crippen LogP contribution is -2.27. The maximum Gasteiger partial charge on any atom is 0.412 e. The van der Waals surface area contributed by atoms with Gasteiger partial charge in [-0.1, -0.05) is 0 Å². The zero-order valence-electron chi connectivity index (χ0n) is 11.4. The van der Waals surface area contributed by atoms with Crippen LogP contribution in [0.4, 0.5) is 10.5 Å². The Bertz CT molecular complexity index is 492. The second-order valence-corrected chi connectivity index (χ2v) is 4.94. The van der Waals surface area contributed by atoms with E-state index in [0.717, 1.165) is 0 Å². The molecule has 3 N–H and O–H groups in total. The van der Waals surface area contributed by atoms with Crippen molar-refractivity contribution in [1.82, 2.24) is 5.32 Å². The van der Waals surface area contributed by atoms with Crippen LogP contribution in [0.15, 0.2) is 18.2 Å². The second kappa shape index (κ2) is 5.60. The molecule has 0 heterocycles. The number of hydrogen-bond donors (Lipinski definition) is 3. The van der Waals surface area contributed by atoms with E-state index in [4.69, 9.17) is 4.74 Å². The molecule has 0 radical (unpaired) electrons. The Balaban J connectivity index is 2.79. The number of carbonyl (C=O) groups is 2. The fraction of sp³-hybridized carbons (Fsp3) is 0.385. The van der Waals surface area contributed by atoms with Gasteiger partial charge >= 0.3 is 6.09 Å². The van der Waals surface area contributed by atoms with Crippen LogP contribution in [0.25, 0.3) is 0 Å². The number of nitrogens with one attached hydrogen (secondary N) is 2. The fourth-order valence-corrected chi connectivity index (χ4v) is 1.36. The summed E-state index contributed by atoms with van der Waals surface area (Å²) in [5.41, 5.74) is -0.120. The molecule has 0 aliphatic heterocycles. The molecule has 0 aromatic heterocycles. The third kappa shape index (κ3) is 4.50. The van der Waals surface area contributed by atoms with Crippen LogP contribution < -0.4 is 10.6 Å². The first kappa shape index (κ1) is 14.8. The number of aromatic hydroxyl groups is 1. The minimum absolute atomic E-state index is 0.136. The fourth-order valence-electron chi connectivity index (χ4n) is 1.36. The molecule has 0 bridgehead atoms. The lowest BCUT2D eigenvalue weighted by atomic mass is 10.1. The largest absolute Gasteiger partial charge is 0.507 e. The lowest BCUT2D eigenvalue weighted by molar-refractivity contribution is 0.0636. The molecule has 6 heteroatoms. The van der Waals surface area contributed by atoms with Crippen molar-refractivity contribution in [1.29, 1.82) is 0 Å². The Labute approximate surface area is 111 Å². The van der Waals surface area contributed by atoms with Gasteiger partial charge in [0.05, 0.1) is 5.56 Å². The minimum atomic E-state index is -0.625. The maximum atomic E-state index is 11.5. The second-order valence-electron chi connectivity index (χ2n) is 4.94. The molecule has 0 saturated heterocycles. The number of anilines is 1. The summed E-state index contributed by atoms with van der Waals surface area (Å²) in [5.74, 6) is -0.616. The van der Waals surface area contributed by atoms with Crippen LogP contribution in [-0.4, -0.2) is 29.8 Å². The Hall–Kier alpha value is -2.24. The van der Waals surface area contributed by atoms with E-state index >= 15 is 0 Å². The van der Waals surface area contributed by atoms with E-state index in [9.17, 15) is 14.7 Å². The first-order valence-corrected chi connectivity index (χ1v) is 5.78. The maximum absolute atomic E-state index is 11.5. The third-order valence-corrected chi connectivity index (χ3v) is 2.11. The highest BCUT2D eigenvalue weighted by Crippen LogP contribution is 2.22. The lowest BCUT2D eigenvalue weighted by Gasteiger charge is -2.19. The van der Waals surface area contributed by atoms with Crippen LogP contribution in [0.1, 0.15) is 31.1 Å². The average molecular weight is 266 g/mol. The molecule has 1 rings (SSSR count). The number of ether oxygens (including phenoxy) is 1. The Morgan fingerprint density at radius 3 is 2.37 bits per heavy atom. The molecule has 0 aliphatic rings. The van der Waals surface area contributed by atoms with E-state index in [1.54, 1.807) is 20.8 Å². The quantitative estimate of drug-likeness (QED) is 0.765. The van der Waals surface area contributed by atoms with Gasteiger partial charge in [0.1, 0.15) is 11.4 Å². The van der Waals surface area contributed by atoms with E-state index < -0.39 is 17.6 Å². The summed E-state index contributed by atoms with van der Waals surface area (Å²) in [6, 6.07) is 4.21. The highest BCUT2D eigenvalue weighted by atomic mass is 16.6. The molecule has 0 spiro atoms. The van der Waals surface area contributed by atoms with Gasteiger partial charge in [-0.05, 0) is 32.9 Å². The first-order chi connectivity index (χ1) is 8.73. The van der Waals surface area contributed by atoms with Crippen molar-refractivity contribution in [2.24, 2.45) is 0 Å². The smallest absolute Gasteiger partial charge is 0.412 e. The van der Waals surface area contributed by atoms with Crippen molar-refractivity contribution in [2.45, 2.75) is 26.4 Å². The molecular formula is C13H18N2O4. The van der Waals surface area contributed by atoms with Gasteiger partial charge in [0, 0.05) is 18.8 Å². The van der Waals surface area contributed by atoms with Gasteiger partial charge in [-0.25, -0.2) is 4.79 Å². The molecule has 1 aromatic carbocycles. The summed E-state index contributed by atoms with van der Waals surface area (Å²) < 4.78 is 5.07. The number of benzene rings is 1. The third-order valence-electron chi connectivity index (χ3n) is 2.11. The highest BCUT2D eigenvalue weighted by Gasteiger charge is 2.17. The van der Waals surface area contributed by atoms with Crippen molar-refractivity contribution in [2.75, 3.05) is 12.4 Å². The van der Waals surface area contributed by atoms with Gasteiger partial charge in [0.2, 0.25) is 0 Å². The van der Waals surface area contributed by atoms with Crippen LogP contribution >= 0.6 is 0 Å². The van der Waals surface area contributed by atoms with E-state index in [2.05, 4.69) is 10.6 Å². The van der Waals surface area contributed by atoms with E-state index in [-0.39, 0.29) is 11.3 Å². The van der Waals surface area contributed by atoms with Crippen molar-refractivity contribution >= 4 is 17.7 Å². The molecule has 2 amide bonds. The number of rotatable bonds is 2. The molecule has 0 saturated carbocycles. The molecular weight excluding hydrogens is 248 g/mol. The van der Waals surface area contributed by atoms with Crippen LogP contribution in [0.2, 0.25) is 0 Å². The van der Waals surface area contributed by atoms with E-state index in [1.165, 1.54) is 25.2 Å². The zero-order chi connectivity index (χ0) is 14.6. The molecule has 0 aliphatic carbocycles. The Morgan fingerprint density at radius 1 is 1.26 bits per heavy atom. The molecule has 6 nitrogen and oxygen atoms in total. The number of carbonyl (C=O) groups excluding carboxylic acids is 2. The van der Waals surface area contributed by atoms with Crippen LogP contribution in [0, 0.1) is 0 Å². The summed E-state index contributed by atoms with van der Waals surface area (Å²) in [6.07, 6.45) is -0.625. The van der Waals surface area contributed by atoms with Gasteiger partial charge in [0.25, 0.3) is 5.91 Å². The Kier molecular flexibility index (Phi) is 4.37. The molecule has 1 aromatic rings. The predicted octanol–water partition coefficient (Wildman–Crippen LogP) is 2.10. The van der Waals surface area contributed by atoms with Gasteiger partial charge in [-0.3, -0.25) is 10.1 Å². The number of phenols is 1. The van der Waals surface area contributed by atoms with Gasteiger partial charge in [-0.15, -0.1) is 0 Å². The summed E-state index contributed by atoms with van der Waals surface area (Å²) in [5, 5.41) is 14.6. The monoisotopic (exact) mass is 266 g/mol. The summed E-state index contributed by atoms with van der Waals surface area (Å²) >= 11 is 0. The summed E-state index contributed by atoms with van der Waals surface area (Å²) in [6.45, 7) is 5.25. The molecule has 0 unspecified atom stereocenters. The summed E-state index contributed by atoms with van der Waals surface area (Å²) in [7, 11) is 1.47. The number of hydrogen-bond acceptors (Lipinski definition) is 4. The molecule has 0 atom stereocenters. The van der Waals surface area contributed by atoms with Gasteiger partial charge in [0.15, 0.2) is 0 Å². The SMILES string of the molecule is CNC(=O)c1ccc(NC(=O)OC(C)(C)C)cc1O. The molecule has 0 fully saturated rings. The van der Waals surface area contributed by atoms with Crippen molar-refractivity contribution in [3.8, 4) is 5.75 Å². The van der Waals surface area contributed by atoms with Crippen LogP contribution in [0.3, 0.4) is 0 Å². The Morgan fingerprint density at radius 2 is 1.89 bits per heavy atom. The van der Waals surface area contributed by atoms with Crippen LogP contribution in [0.5, 0.6) is 5.75 Å². The molecule has 104 valence electrons. The van der Waals surface area contributed by atoms with Crippen molar-refractivity contribution in [3.63, 3.8) is 0 Å². The number of amides is 2. The molecule has 19 heavy (non-hydrogen) atoms. The van der Waals surface area contributed by atoms with Crippen LogP contribution in [-0.2, 0) is 4.74 Å². The van der Waals surface area contributed by atoms with Crippen molar-refractivity contribution in [3.05, 3.63) is 23.8 Å². The standard InChI is InChI=1S/C13H18N2O4/c1-13(2,3)19-12(18)15-8-5-6-9(10(16)7-8)11(17)14-4/h5-7,16H,1-4H3,(H,14,17)(H,15,18).